The first kappa shape index (κ1) is 12.9. The summed E-state index contributed by atoms with van der Waals surface area (Å²) in [5.74, 6) is 0.833. The Hall–Kier alpha value is -0.570. The van der Waals surface area contributed by atoms with E-state index < -0.39 is 0 Å². The second-order valence-electron chi connectivity index (χ2n) is 4.73. The van der Waals surface area contributed by atoms with Gasteiger partial charge in [-0.05, 0) is 49.4 Å². The summed E-state index contributed by atoms with van der Waals surface area (Å²) in [5, 5.41) is 4.39. The molecule has 0 saturated heterocycles. The smallest absolute Gasteiger partial charge is 0.0618 e. The number of nitrogens with one attached hydrogen (secondary N) is 1. The molecule has 0 bridgehead atoms. The first-order chi connectivity index (χ1) is 8.29. The average Bonchev–Trinajstić information content (AvgIpc) is 3.15. The van der Waals surface area contributed by atoms with Crippen molar-refractivity contribution >= 4 is 11.6 Å². The molecule has 1 fully saturated rings. The number of hydrogen-bond acceptors (Lipinski definition) is 2. The van der Waals surface area contributed by atoms with Gasteiger partial charge in [0.05, 0.1) is 6.61 Å². The van der Waals surface area contributed by atoms with Gasteiger partial charge in [0.15, 0.2) is 0 Å². The molecule has 0 amide bonds. The van der Waals surface area contributed by atoms with Gasteiger partial charge in [0.25, 0.3) is 0 Å². The van der Waals surface area contributed by atoms with Crippen molar-refractivity contribution in [3.63, 3.8) is 0 Å². The lowest BCUT2D eigenvalue weighted by Crippen LogP contribution is -2.36. The number of hydrogen-bond donors (Lipinski definition) is 1. The maximum atomic E-state index is 5.86. The van der Waals surface area contributed by atoms with Crippen LogP contribution in [0, 0.1) is 5.92 Å². The molecule has 1 saturated carbocycles. The normalized spacial score (nSPS) is 17.1. The van der Waals surface area contributed by atoms with Crippen molar-refractivity contribution in [3.8, 4) is 0 Å². The second kappa shape index (κ2) is 6.39. The van der Waals surface area contributed by atoms with Crippen LogP contribution in [0.1, 0.15) is 18.4 Å². The van der Waals surface area contributed by atoms with Crippen molar-refractivity contribution in [2.75, 3.05) is 20.3 Å². The topological polar surface area (TPSA) is 21.3 Å². The number of benzene rings is 1. The molecule has 1 N–H and O–H groups in total. The van der Waals surface area contributed by atoms with Crippen LogP contribution < -0.4 is 5.32 Å². The van der Waals surface area contributed by atoms with Crippen LogP contribution >= 0.6 is 11.6 Å². The molecule has 1 aliphatic carbocycles. The van der Waals surface area contributed by atoms with Gasteiger partial charge in [-0.2, -0.15) is 0 Å². The summed E-state index contributed by atoms with van der Waals surface area (Å²) < 4.78 is 5.24. The predicted molar refractivity (Wildman–Crippen MR) is 71.5 cm³/mol. The Morgan fingerprint density at radius 3 is 2.65 bits per heavy atom. The lowest BCUT2D eigenvalue weighted by molar-refractivity contribution is 0.158. The average molecular weight is 254 g/mol. The number of methoxy groups -OCH3 is 1. The molecule has 1 aliphatic rings. The second-order valence-corrected chi connectivity index (χ2v) is 5.17. The van der Waals surface area contributed by atoms with Crippen LogP contribution in [0.15, 0.2) is 24.3 Å². The third-order valence-electron chi connectivity index (χ3n) is 3.27. The van der Waals surface area contributed by atoms with E-state index in [9.17, 15) is 0 Å². The lowest BCUT2D eigenvalue weighted by Gasteiger charge is -2.17. The highest BCUT2D eigenvalue weighted by molar-refractivity contribution is 6.30. The molecule has 0 aromatic heterocycles. The molecular weight excluding hydrogens is 234 g/mol. The van der Waals surface area contributed by atoms with Crippen LogP contribution in [0.5, 0.6) is 0 Å². The molecule has 0 spiro atoms. The zero-order valence-electron chi connectivity index (χ0n) is 10.3. The highest BCUT2D eigenvalue weighted by Crippen LogP contribution is 2.32. The molecular formula is C14H20ClNO. The monoisotopic (exact) mass is 253 g/mol. The summed E-state index contributed by atoms with van der Waals surface area (Å²) in [6.07, 6.45) is 3.74. The largest absolute Gasteiger partial charge is 0.383 e. The molecule has 1 aromatic carbocycles. The minimum Gasteiger partial charge on any atom is -0.383 e. The van der Waals surface area contributed by atoms with Crippen molar-refractivity contribution in [1.82, 2.24) is 5.32 Å². The van der Waals surface area contributed by atoms with Crippen LogP contribution in [-0.2, 0) is 11.2 Å². The van der Waals surface area contributed by atoms with E-state index in [4.69, 9.17) is 16.3 Å². The fraction of sp³-hybridized carbons (Fsp3) is 0.571. The van der Waals surface area contributed by atoms with Crippen LogP contribution in [0.25, 0.3) is 0 Å². The van der Waals surface area contributed by atoms with Crippen LogP contribution in [0.4, 0.5) is 0 Å². The molecule has 3 heteroatoms. The van der Waals surface area contributed by atoms with E-state index in [1.807, 2.05) is 12.1 Å². The van der Waals surface area contributed by atoms with Crippen molar-refractivity contribution in [3.05, 3.63) is 34.9 Å². The van der Waals surface area contributed by atoms with E-state index in [-0.39, 0.29) is 0 Å². The first-order valence-electron chi connectivity index (χ1n) is 6.26. The minimum atomic E-state index is 0.535. The van der Waals surface area contributed by atoms with E-state index in [0.717, 1.165) is 30.5 Å². The van der Waals surface area contributed by atoms with E-state index in [1.165, 1.54) is 18.4 Å². The first-order valence-corrected chi connectivity index (χ1v) is 6.64. The van der Waals surface area contributed by atoms with Gasteiger partial charge in [0, 0.05) is 18.2 Å². The van der Waals surface area contributed by atoms with Crippen LogP contribution in [-0.4, -0.2) is 26.3 Å². The highest BCUT2D eigenvalue weighted by atomic mass is 35.5. The van der Waals surface area contributed by atoms with Gasteiger partial charge in [-0.15, -0.1) is 0 Å². The van der Waals surface area contributed by atoms with Crippen molar-refractivity contribution in [1.29, 1.82) is 0 Å². The Balaban J connectivity index is 1.72. The third kappa shape index (κ3) is 4.30. The molecule has 0 heterocycles. The van der Waals surface area contributed by atoms with Gasteiger partial charge in [-0.3, -0.25) is 0 Å². The Morgan fingerprint density at radius 1 is 1.35 bits per heavy atom. The molecule has 2 rings (SSSR count). The standard InChI is InChI=1S/C14H20ClNO/c1-17-10-14(12-4-5-12)16-9-8-11-2-6-13(15)7-3-11/h2-3,6-7,12,14,16H,4-5,8-10H2,1H3. The predicted octanol–water partition coefficient (Wildman–Crippen LogP) is 2.90. The van der Waals surface area contributed by atoms with Crippen LogP contribution in [0.3, 0.4) is 0 Å². The minimum absolute atomic E-state index is 0.535. The molecule has 0 aliphatic heterocycles. The Kier molecular flexibility index (Phi) is 4.84. The molecule has 0 radical (unpaired) electrons. The summed E-state index contributed by atoms with van der Waals surface area (Å²) in [7, 11) is 1.77. The van der Waals surface area contributed by atoms with Gasteiger partial charge >= 0.3 is 0 Å². The van der Waals surface area contributed by atoms with Gasteiger partial charge < -0.3 is 10.1 Å². The van der Waals surface area contributed by atoms with Crippen molar-refractivity contribution in [2.45, 2.75) is 25.3 Å². The maximum absolute atomic E-state index is 5.86. The Bertz CT molecular complexity index is 335. The van der Waals surface area contributed by atoms with Gasteiger partial charge in [0.1, 0.15) is 0 Å². The highest BCUT2D eigenvalue weighted by Gasteiger charge is 2.30. The van der Waals surface area contributed by atoms with E-state index >= 15 is 0 Å². The molecule has 1 unspecified atom stereocenters. The number of rotatable bonds is 7. The summed E-state index contributed by atoms with van der Waals surface area (Å²) in [6, 6.07) is 8.61. The lowest BCUT2D eigenvalue weighted by atomic mass is 10.1. The Labute approximate surface area is 108 Å². The zero-order chi connectivity index (χ0) is 12.1. The summed E-state index contributed by atoms with van der Waals surface area (Å²) in [6.45, 7) is 1.83. The summed E-state index contributed by atoms with van der Waals surface area (Å²) in [5.41, 5.74) is 1.33. The molecule has 2 nitrogen and oxygen atoms in total. The Morgan fingerprint density at radius 2 is 2.06 bits per heavy atom. The number of halogens is 1. The van der Waals surface area contributed by atoms with E-state index in [1.54, 1.807) is 7.11 Å². The molecule has 1 atom stereocenters. The number of ether oxygens (including phenoxy) is 1. The fourth-order valence-electron chi connectivity index (χ4n) is 2.09. The molecule has 17 heavy (non-hydrogen) atoms. The summed E-state index contributed by atoms with van der Waals surface area (Å²) >= 11 is 5.86. The molecule has 1 aromatic rings. The van der Waals surface area contributed by atoms with Gasteiger partial charge in [-0.1, -0.05) is 23.7 Å². The van der Waals surface area contributed by atoms with Crippen molar-refractivity contribution < 1.29 is 4.74 Å². The van der Waals surface area contributed by atoms with E-state index in [0.29, 0.717) is 6.04 Å². The maximum Gasteiger partial charge on any atom is 0.0618 e. The van der Waals surface area contributed by atoms with Crippen LogP contribution in [0.2, 0.25) is 5.02 Å². The quantitative estimate of drug-likeness (QED) is 0.807. The molecule has 94 valence electrons. The summed E-state index contributed by atoms with van der Waals surface area (Å²) in [4.78, 5) is 0. The zero-order valence-corrected chi connectivity index (χ0v) is 11.0. The van der Waals surface area contributed by atoms with Gasteiger partial charge in [0.2, 0.25) is 0 Å². The van der Waals surface area contributed by atoms with Gasteiger partial charge in [-0.25, -0.2) is 0 Å². The third-order valence-corrected chi connectivity index (χ3v) is 3.52. The SMILES string of the molecule is COCC(NCCc1ccc(Cl)cc1)C1CC1. The van der Waals surface area contributed by atoms with E-state index in [2.05, 4.69) is 17.4 Å². The fourth-order valence-corrected chi connectivity index (χ4v) is 2.22. The van der Waals surface area contributed by atoms with Crippen molar-refractivity contribution in [2.24, 2.45) is 5.92 Å².